The van der Waals surface area contributed by atoms with Gasteiger partial charge in [-0.3, -0.25) is 4.79 Å². The van der Waals surface area contributed by atoms with Gasteiger partial charge in [-0.15, -0.1) is 0 Å². The maximum atomic E-state index is 12.6. The van der Waals surface area contributed by atoms with Crippen molar-refractivity contribution < 1.29 is 4.79 Å². The molecule has 1 heterocycles. The van der Waals surface area contributed by atoms with Gasteiger partial charge in [0.15, 0.2) is 0 Å². The molecule has 2 N–H and O–H groups in total. The van der Waals surface area contributed by atoms with Gasteiger partial charge in [0.1, 0.15) is 0 Å². The molecule has 4 heteroatoms. The summed E-state index contributed by atoms with van der Waals surface area (Å²) >= 11 is 0. The smallest absolute Gasteiger partial charge is 0.231 e. The van der Waals surface area contributed by atoms with Crippen LogP contribution in [0.5, 0.6) is 0 Å². The van der Waals surface area contributed by atoms with Gasteiger partial charge in [-0.25, -0.2) is 0 Å². The number of rotatable bonds is 4. The van der Waals surface area contributed by atoms with E-state index < -0.39 is 0 Å². The molecule has 0 spiro atoms. The van der Waals surface area contributed by atoms with Gasteiger partial charge in [0.05, 0.1) is 17.0 Å². The molecule has 1 fully saturated rings. The molecule has 0 radical (unpaired) electrons. The van der Waals surface area contributed by atoms with Crippen LogP contribution in [-0.4, -0.2) is 19.0 Å². The minimum Gasteiger partial charge on any atom is -0.326 e. The Morgan fingerprint density at radius 3 is 3.05 bits per heavy atom. The Balaban J connectivity index is 2.14. The van der Waals surface area contributed by atoms with Crippen LogP contribution < -0.4 is 10.6 Å². The van der Waals surface area contributed by atoms with Crippen molar-refractivity contribution in [1.29, 1.82) is 5.26 Å². The Morgan fingerprint density at radius 1 is 1.55 bits per heavy atom. The van der Waals surface area contributed by atoms with Gasteiger partial charge in [-0.2, -0.15) is 5.26 Å². The molecule has 2 rings (SSSR count). The molecule has 0 bridgehead atoms. The molecule has 1 amide bonds. The van der Waals surface area contributed by atoms with Crippen molar-refractivity contribution >= 4 is 11.6 Å². The Labute approximate surface area is 120 Å². The first-order chi connectivity index (χ1) is 9.70. The third kappa shape index (κ3) is 3.17. The van der Waals surface area contributed by atoms with Crippen LogP contribution in [0.25, 0.3) is 0 Å². The SMILES string of the molecule is CCCC1(C(=O)Nc2cccc(C#N)c2)CCCNC1. The first-order valence-corrected chi connectivity index (χ1v) is 7.22. The highest BCUT2D eigenvalue weighted by molar-refractivity contribution is 5.95. The van der Waals surface area contributed by atoms with Gasteiger partial charge in [0.2, 0.25) is 5.91 Å². The monoisotopic (exact) mass is 271 g/mol. The molecular weight excluding hydrogens is 250 g/mol. The van der Waals surface area contributed by atoms with E-state index in [2.05, 4.69) is 23.6 Å². The predicted octanol–water partition coefficient (Wildman–Crippen LogP) is 2.67. The van der Waals surface area contributed by atoms with E-state index in [4.69, 9.17) is 5.26 Å². The number of hydrogen-bond acceptors (Lipinski definition) is 3. The minimum atomic E-state index is -0.310. The number of nitrogens with one attached hydrogen (secondary N) is 2. The molecule has 1 aliphatic heterocycles. The van der Waals surface area contributed by atoms with Crippen molar-refractivity contribution in [2.75, 3.05) is 18.4 Å². The van der Waals surface area contributed by atoms with Crippen molar-refractivity contribution in [3.63, 3.8) is 0 Å². The molecule has 1 unspecified atom stereocenters. The average Bonchev–Trinajstić information content (AvgIpc) is 2.48. The molecular formula is C16H21N3O. The molecule has 1 aromatic carbocycles. The van der Waals surface area contributed by atoms with Gasteiger partial charge in [-0.1, -0.05) is 19.4 Å². The lowest BCUT2D eigenvalue weighted by Gasteiger charge is -2.36. The number of hydrogen-bond donors (Lipinski definition) is 2. The second kappa shape index (κ2) is 6.53. The number of piperidine rings is 1. The summed E-state index contributed by atoms with van der Waals surface area (Å²) in [7, 11) is 0. The summed E-state index contributed by atoms with van der Waals surface area (Å²) in [6.07, 6.45) is 3.85. The summed E-state index contributed by atoms with van der Waals surface area (Å²) in [4.78, 5) is 12.6. The third-order valence-electron chi connectivity index (χ3n) is 3.93. The third-order valence-corrected chi connectivity index (χ3v) is 3.93. The summed E-state index contributed by atoms with van der Waals surface area (Å²) in [6.45, 7) is 3.84. The molecule has 106 valence electrons. The molecule has 4 nitrogen and oxygen atoms in total. The van der Waals surface area contributed by atoms with E-state index in [9.17, 15) is 4.79 Å². The molecule has 1 atom stereocenters. The molecule has 1 aromatic rings. The highest BCUT2D eigenvalue weighted by atomic mass is 16.2. The predicted molar refractivity (Wildman–Crippen MR) is 79.2 cm³/mol. The van der Waals surface area contributed by atoms with Crippen LogP contribution >= 0.6 is 0 Å². The molecule has 0 saturated carbocycles. The standard InChI is InChI=1S/C16H21N3O/c1-2-7-16(8-4-9-18-12-16)15(20)19-14-6-3-5-13(10-14)11-17/h3,5-6,10,18H,2,4,7-9,12H2,1H3,(H,19,20). The summed E-state index contributed by atoms with van der Waals surface area (Å²) in [5, 5.41) is 15.2. The van der Waals surface area contributed by atoms with Gasteiger partial charge in [0, 0.05) is 12.2 Å². The summed E-state index contributed by atoms with van der Waals surface area (Å²) < 4.78 is 0. The second-order valence-electron chi connectivity index (χ2n) is 5.46. The van der Waals surface area contributed by atoms with E-state index in [1.165, 1.54) is 0 Å². The van der Waals surface area contributed by atoms with Crippen molar-refractivity contribution in [3.8, 4) is 6.07 Å². The van der Waals surface area contributed by atoms with Crippen LogP contribution in [0.3, 0.4) is 0 Å². The minimum absolute atomic E-state index is 0.0710. The zero-order chi connectivity index (χ0) is 14.4. The van der Waals surface area contributed by atoms with Crippen molar-refractivity contribution in [1.82, 2.24) is 5.32 Å². The number of anilines is 1. The fourth-order valence-corrected chi connectivity index (χ4v) is 2.90. The fourth-order valence-electron chi connectivity index (χ4n) is 2.90. The van der Waals surface area contributed by atoms with Crippen LogP contribution in [0.1, 0.15) is 38.2 Å². The number of benzene rings is 1. The number of nitrogens with zero attached hydrogens (tertiary/aromatic N) is 1. The van der Waals surface area contributed by atoms with Crippen LogP contribution in [0.15, 0.2) is 24.3 Å². The van der Waals surface area contributed by atoms with E-state index in [0.717, 1.165) is 38.8 Å². The van der Waals surface area contributed by atoms with Crippen LogP contribution in [0.4, 0.5) is 5.69 Å². The number of carbonyl (C=O) groups excluding carboxylic acids is 1. The number of carbonyl (C=O) groups is 1. The van der Waals surface area contributed by atoms with E-state index in [1.54, 1.807) is 18.2 Å². The Bertz CT molecular complexity index is 507. The lowest BCUT2D eigenvalue weighted by atomic mass is 9.76. The van der Waals surface area contributed by atoms with Crippen molar-refractivity contribution in [2.24, 2.45) is 5.41 Å². The number of amides is 1. The summed E-state index contributed by atoms with van der Waals surface area (Å²) in [6, 6.07) is 9.16. The quantitative estimate of drug-likeness (QED) is 0.885. The first-order valence-electron chi connectivity index (χ1n) is 7.22. The lowest BCUT2D eigenvalue weighted by molar-refractivity contribution is -0.127. The fraction of sp³-hybridized carbons (Fsp3) is 0.500. The zero-order valence-electron chi connectivity index (χ0n) is 11.9. The van der Waals surface area contributed by atoms with Crippen LogP contribution in [0.2, 0.25) is 0 Å². The van der Waals surface area contributed by atoms with Crippen molar-refractivity contribution in [3.05, 3.63) is 29.8 Å². The molecule has 0 aliphatic carbocycles. The summed E-state index contributed by atoms with van der Waals surface area (Å²) in [5.41, 5.74) is 0.958. The highest BCUT2D eigenvalue weighted by Crippen LogP contribution is 2.33. The maximum absolute atomic E-state index is 12.6. The van der Waals surface area contributed by atoms with E-state index in [-0.39, 0.29) is 11.3 Å². The largest absolute Gasteiger partial charge is 0.326 e. The second-order valence-corrected chi connectivity index (χ2v) is 5.46. The van der Waals surface area contributed by atoms with Crippen LogP contribution in [-0.2, 0) is 4.79 Å². The van der Waals surface area contributed by atoms with Gasteiger partial charge in [0.25, 0.3) is 0 Å². The Hall–Kier alpha value is -1.86. The first kappa shape index (κ1) is 14.5. The molecule has 20 heavy (non-hydrogen) atoms. The van der Waals surface area contributed by atoms with E-state index in [0.29, 0.717) is 11.3 Å². The van der Waals surface area contributed by atoms with Gasteiger partial charge < -0.3 is 10.6 Å². The normalized spacial score (nSPS) is 22.0. The van der Waals surface area contributed by atoms with Crippen molar-refractivity contribution in [2.45, 2.75) is 32.6 Å². The van der Waals surface area contributed by atoms with Gasteiger partial charge in [-0.05, 0) is 44.0 Å². The highest BCUT2D eigenvalue weighted by Gasteiger charge is 2.38. The maximum Gasteiger partial charge on any atom is 0.231 e. The molecule has 1 aliphatic rings. The lowest BCUT2D eigenvalue weighted by Crippen LogP contribution is -2.48. The van der Waals surface area contributed by atoms with E-state index in [1.807, 2.05) is 6.07 Å². The topological polar surface area (TPSA) is 64.9 Å². The zero-order valence-corrected chi connectivity index (χ0v) is 11.9. The van der Waals surface area contributed by atoms with E-state index >= 15 is 0 Å². The molecule has 0 aromatic heterocycles. The van der Waals surface area contributed by atoms with Crippen LogP contribution in [0, 0.1) is 16.7 Å². The Morgan fingerprint density at radius 2 is 2.40 bits per heavy atom. The Kier molecular flexibility index (Phi) is 4.75. The summed E-state index contributed by atoms with van der Waals surface area (Å²) in [5.74, 6) is 0.0710. The molecule has 1 saturated heterocycles. The average molecular weight is 271 g/mol. The number of nitriles is 1. The van der Waals surface area contributed by atoms with Gasteiger partial charge >= 0.3 is 0 Å².